The maximum atomic E-state index is 12.5. The number of aryl methyl sites for hydroxylation is 1. The summed E-state index contributed by atoms with van der Waals surface area (Å²) in [5.74, 6) is 0.106. The first-order valence-corrected chi connectivity index (χ1v) is 8.52. The van der Waals surface area contributed by atoms with E-state index in [9.17, 15) is 4.79 Å². The van der Waals surface area contributed by atoms with Crippen LogP contribution in [0.15, 0.2) is 23.6 Å². The predicted molar refractivity (Wildman–Crippen MR) is 89.1 cm³/mol. The minimum absolute atomic E-state index is 0.00352. The molecule has 1 aliphatic rings. The van der Waals surface area contributed by atoms with Gasteiger partial charge in [-0.25, -0.2) is 4.68 Å². The summed E-state index contributed by atoms with van der Waals surface area (Å²) in [6.07, 6.45) is 3.49. The first kappa shape index (κ1) is 15.9. The molecule has 1 atom stereocenters. The Labute approximate surface area is 139 Å². The molecular weight excluding hydrogens is 312 g/mol. The van der Waals surface area contributed by atoms with Crippen LogP contribution in [-0.4, -0.2) is 46.1 Å². The second-order valence-electron chi connectivity index (χ2n) is 5.46. The molecule has 0 bridgehead atoms. The first-order chi connectivity index (χ1) is 11.2. The fraction of sp³-hybridized carbons (Fsp3) is 0.438. The van der Waals surface area contributed by atoms with Gasteiger partial charge in [-0.2, -0.15) is 0 Å². The molecule has 0 saturated heterocycles. The molecule has 3 heterocycles. The van der Waals surface area contributed by atoms with Crippen LogP contribution < -0.4 is 0 Å². The second-order valence-corrected chi connectivity index (χ2v) is 6.44. The number of carbonyl (C=O) groups excluding carboxylic acids is 1. The number of hydrogen-bond donors (Lipinski definition) is 0. The number of methoxy groups -OCH3 is 1. The van der Waals surface area contributed by atoms with Gasteiger partial charge in [0, 0.05) is 37.1 Å². The lowest BCUT2D eigenvalue weighted by atomic mass is 9.98. The van der Waals surface area contributed by atoms with Crippen LogP contribution in [0.2, 0.25) is 0 Å². The summed E-state index contributed by atoms with van der Waals surface area (Å²) in [4.78, 5) is 15.4. The van der Waals surface area contributed by atoms with Crippen LogP contribution in [0.5, 0.6) is 0 Å². The van der Waals surface area contributed by atoms with Gasteiger partial charge in [0.1, 0.15) is 5.69 Å². The Hall–Kier alpha value is -1.99. The van der Waals surface area contributed by atoms with E-state index in [0.29, 0.717) is 19.7 Å². The fourth-order valence-corrected chi connectivity index (χ4v) is 3.51. The maximum Gasteiger partial charge on any atom is 0.246 e. The van der Waals surface area contributed by atoms with E-state index in [2.05, 4.69) is 10.3 Å². The average molecular weight is 332 g/mol. The number of fused-ring (bicyclic) bond motifs is 1. The first-order valence-electron chi connectivity index (χ1n) is 7.64. The summed E-state index contributed by atoms with van der Waals surface area (Å²) in [7, 11) is 1.68. The van der Waals surface area contributed by atoms with Gasteiger partial charge in [0.15, 0.2) is 0 Å². The molecular formula is C16H20N4O2S. The Morgan fingerprint density at radius 1 is 1.57 bits per heavy atom. The van der Waals surface area contributed by atoms with Gasteiger partial charge in [0.25, 0.3) is 0 Å². The molecule has 2 aromatic rings. The summed E-state index contributed by atoms with van der Waals surface area (Å²) in [5, 5.41) is 10.4. The van der Waals surface area contributed by atoms with Gasteiger partial charge >= 0.3 is 0 Å². The molecule has 3 rings (SSSR count). The zero-order valence-electron chi connectivity index (χ0n) is 13.3. The van der Waals surface area contributed by atoms with E-state index in [1.807, 2.05) is 40.1 Å². The standard InChI is InChI=1S/C16H20N4O2S/c1-3-20-16-12(11-22-2)9-19(10-14(16)17-18-20)15(21)7-6-13-5-4-8-23-13/h4-8,12H,3,9-11H2,1-2H3/b7-6+/t12-/m0/s1. The summed E-state index contributed by atoms with van der Waals surface area (Å²) >= 11 is 1.61. The summed E-state index contributed by atoms with van der Waals surface area (Å²) in [6, 6.07) is 3.96. The Kier molecular flexibility index (Phi) is 4.88. The zero-order chi connectivity index (χ0) is 16.2. The topological polar surface area (TPSA) is 60.2 Å². The van der Waals surface area contributed by atoms with Gasteiger partial charge in [-0.05, 0) is 24.4 Å². The van der Waals surface area contributed by atoms with Crippen LogP contribution in [0.1, 0.15) is 29.1 Å². The lowest BCUT2D eigenvalue weighted by Crippen LogP contribution is -2.39. The van der Waals surface area contributed by atoms with Crippen molar-refractivity contribution in [3.05, 3.63) is 39.9 Å². The quantitative estimate of drug-likeness (QED) is 0.787. The molecule has 122 valence electrons. The second kappa shape index (κ2) is 7.06. The van der Waals surface area contributed by atoms with Crippen molar-refractivity contribution in [1.82, 2.24) is 19.9 Å². The number of hydrogen-bond acceptors (Lipinski definition) is 5. The maximum absolute atomic E-state index is 12.5. The van der Waals surface area contributed by atoms with Crippen LogP contribution in [0.4, 0.5) is 0 Å². The van der Waals surface area contributed by atoms with Crippen LogP contribution >= 0.6 is 11.3 Å². The summed E-state index contributed by atoms with van der Waals surface area (Å²) in [6.45, 7) is 4.50. The van der Waals surface area contributed by atoms with Crippen molar-refractivity contribution < 1.29 is 9.53 Å². The third kappa shape index (κ3) is 3.35. The number of amides is 1. The third-order valence-electron chi connectivity index (χ3n) is 3.93. The molecule has 0 aromatic carbocycles. The molecule has 1 amide bonds. The number of aromatic nitrogens is 3. The number of ether oxygens (including phenoxy) is 1. The van der Waals surface area contributed by atoms with Gasteiger partial charge in [-0.15, -0.1) is 16.4 Å². The Morgan fingerprint density at radius 3 is 3.13 bits per heavy atom. The molecule has 0 fully saturated rings. The van der Waals surface area contributed by atoms with E-state index < -0.39 is 0 Å². The van der Waals surface area contributed by atoms with E-state index in [1.54, 1.807) is 24.5 Å². The van der Waals surface area contributed by atoms with Crippen LogP contribution in [0, 0.1) is 0 Å². The summed E-state index contributed by atoms with van der Waals surface area (Å²) in [5.41, 5.74) is 1.97. The van der Waals surface area contributed by atoms with Crippen molar-refractivity contribution in [2.75, 3.05) is 20.3 Å². The smallest absolute Gasteiger partial charge is 0.246 e. The highest BCUT2D eigenvalue weighted by Crippen LogP contribution is 2.27. The molecule has 7 heteroatoms. The van der Waals surface area contributed by atoms with Crippen molar-refractivity contribution in [2.45, 2.75) is 25.9 Å². The van der Waals surface area contributed by atoms with Gasteiger partial charge in [0.2, 0.25) is 5.91 Å². The molecule has 0 radical (unpaired) electrons. The van der Waals surface area contributed by atoms with Gasteiger partial charge < -0.3 is 9.64 Å². The number of rotatable bonds is 5. The minimum Gasteiger partial charge on any atom is -0.384 e. The monoisotopic (exact) mass is 332 g/mol. The zero-order valence-corrected chi connectivity index (χ0v) is 14.1. The Morgan fingerprint density at radius 2 is 2.43 bits per heavy atom. The summed E-state index contributed by atoms with van der Waals surface area (Å²) < 4.78 is 7.24. The average Bonchev–Trinajstić information content (AvgIpc) is 3.22. The Bertz CT molecular complexity index is 693. The SMILES string of the molecule is CCn1nnc2c1[C@H](COC)CN(C(=O)/C=C/c1cccs1)C2. The van der Waals surface area contributed by atoms with E-state index in [-0.39, 0.29) is 11.8 Å². The van der Waals surface area contributed by atoms with Crippen molar-refractivity contribution in [1.29, 1.82) is 0 Å². The van der Waals surface area contributed by atoms with E-state index in [1.165, 1.54) is 0 Å². The number of carbonyl (C=O) groups is 1. The van der Waals surface area contributed by atoms with Crippen molar-refractivity contribution in [3.8, 4) is 0 Å². The molecule has 0 spiro atoms. The molecule has 0 aliphatic carbocycles. The third-order valence-corrected chi connectivity index (χ3v) is 4.77. The van der Waals surface area contributed by atoms with Crippen molar-refractivity contribution >= 4 is 23.3 Å². The van der Waals surface area contributed by atoms with Gasteiger partial charge in [0.05, 0.1) is 18.8 Å². The largest absolute Gasteiger partial charge is 0.384 e. The molecule has 23 heavy (non-hydrogen) atoms. The van der Waals surface area contributed by atoms with Crippen molar-refractivity contribution in [3.63, 3.8) is 0 Å². The number of nitrogens with zero attached hydrogens (tertiary/aromatic N) is 4. The molecule has 1 aliphatic heterocycles. The van der Waals surface area contributed by atoms with Crippen LogP contribution in [-0.2, 0) is 22.6 Å². The van der Waals surface area contributed by atoms with Gasteiger partial charge in [-0.1, -0.05) is 11.3 Å². The van der Waals surface area contributed by atoms with Crippen molar-refractivity contribution in [2.24, 2.45) is 0 Å². The lowest BCUT2D eigenvalue weighted by Gasteiger charge is -2.31. The van der Waals surface area contributed by atoms with Gasteiger partial charge in [-0.3, -0.25) is 4.79 Å². The molecule has 0 unspecified atom stereocenters. The molecule has 0 saturated carbocycles. The van der Waals surface area contributed by atoms with Crippen LogP contribution in [0.25, 0.3) is 6.08 Å². The highest BCUT2D eigenvalue weighted by molar-refractivity contribution is 7.10. The number of thiophene rings is 1. The van der Waals surface area contributed by atoms with E-state index in [0.717, 1.165) is 22.8 Å². The van der Waals surface area contributed by atoms with E-state index in [4.69, 9.17) is 4.74 Å². The fourth-order valence-electron chi connectivity index (χ4n) is 2.89. The van der Waals surface area contributed by atoms with E-state index >= 15 is 0 Å². The molecule has 0 N–H and O–H groups in total. The van der Waals surface area contributed by atoms with Crippen LogP contribution in [0.3, 0.4) is 0 Å². The predicted octanol–water partition coefficient (Wildman–Crippen LogP) is 2.15. The lowest BCUT2D eigenvalue weighted by molar-refractivity contribution is -0.127. The molecule has 6 nitrogen and oxygen atoms in total. The Balaban J connectivity index is 1.78. The molecule has 2 aromatic heterocycles. The normalized spacial score (nSPS) is 17.7. The highest BCUT2D eigenvalue weighted by atomic mass is 32.1. The highest BCUT2D eigenvalue weighted by Gasteiger charge is 2.31. The minimum atomic E-state index is -0.00352.